The minimum absolute atomic E-state index is 0.664. The van der Waals surface area contributed by atoms with Crippen LogP contribution in [0.15, 0.2) is 42.5 Å². The summed E-state index contributed by atoms with van der Waals surface area (Å²) in [5.74, 6) is 0.857. The number of benzene rings is 2. The summed E-state index contributed by atoms with van der Waals surface area (Å²) in [5.41, 5.74) is 8.88. The predicted molar refractivity (Wildman–Crippen MR) is 71.7 cm³/mol. The Hall–Kier alpha value is -1.67. The normalized spacial score (nSPS) is 10.2. The van der Waals surface area contributed by atoms with E-state index in [0.717, 1.165) is 23.4 Å². The van der Waals surface area contributed by atoms with E-state index >= 15 is 0 Å². The van der Waals surface area contributed by atoms with Crippen LogP contribution < -0.4 is 10.5 Å². The molecule has 2 N–H and O–H groups in total. The second kappa shape index (κ2) is 5.11. The Kier molecular flexibility index (Phi) is 3.55. The molecule has 2 aromatic rings. The van der Waals surface area contributed by atoms with E-state index in [0.29, 0.717) is 5.02 Å². The lowest BCUT2D eigenvalue weighted by Crippen LogP contribution is -1.96. The van der Waals surface area contributed by atoms with E-state index in [1.165, 1.54) is 5.56 Å². The molecule has 0 fully saturated rings. The Morgan fingerprint density at radius 2 is 2.00 bits per heavy atom. The summed E-state index contributed by atoms with van der Waals surface area (Å²) >= 11 is 5.87. The van der Waals surface area contributed by atoms with Gasteiger partial charge < -0.3 is 10.5 Å². The number of hydrogen-bond acceptors (Lipinski definition) is 2. The van der Waals surface area contributed by atoms with Crippen LogP contribution in [0.4, 0.5) is 5.69 Å². The summed E-state index contributed by atoms with van der Waals surface area (Å²) in [6.45, 7) is 0. The molecule has 0 aromatic heterocycles. The van der Waals surface area contributed by atoms with Gasteiger partial charge in [-0.2, -0.15) is 0 Å². The average molecular weight is 248 g/mol. The van der Waals surface area contributed by atoms with Crippen molar-refractivity contribution in [3.8, 4) is 5.75 Å². The highest BCUT2D eigenvalue weighted by Gasteiger charge is 2.02. The first-order valence-electron chi connectivity index (χ1n) is 5.36. The highest BCUT2D eigenvalue weighted by Crippen LogP contribution is 2.22. The number of ether oxygens (including phenoxy) is 1. The van der Waals surface area contributed by atoms with Crippen molar-refractivity contribution in [2.24, 2.45) is 0 Å². The Labute approximate surface area is 106 Å². The van der Waals surface area contributed by atoms with Gasteiger partial charge in [0.1, 0.15) is 5.75 Å². The maximum absolute atomic E-state index is 5.92. The van der Waals surface area contributed by atoms with E-state index in [4.69, 9.17) is 22.1 Å². The van der Waals surface area contributed by atoms with Gasteiger partial charge in [0.2, 0.25) is 0 Å². The molecule has 17 heavy (non-hydrogen) atoms. The minimum Gasteiger partial charge on any atom is -0.497 e. The predicted octanol–water partition coefficient (Wildman–Crippen LogP) is 3.52. The molecule has 0 aliphatic rings. The molecule has 0 amide bonds. The van der Waals surface area contributed by atoms with Gasteiger partial charge in [0, 0.05) is 10.7 Å². The maximum Gasteiger partial charge on any atom is 0.119 e. The third-order valence-corrected chi connectivity index (χ3v) is 2.87. The molecule has 0 radical (unpaired) electrons. The first kappa shape index (κ1) is 11.8. The van der Waals surface area contributed by atoms with Gasteiger partial charge in [0.05, 0.1) is 7.11 Å². The Bertz CT molecular complexity index is 525. The second-order valence-electron chi connectivity index (χ2n) is 3.87. The summed E-state index contributed by atoms with van der Waals surface area (Å²) in [7, 11) is 1.66. The first-order valence-corrected chi connectivity index (χ1v) is 5.73. The molecule has 0 aliphatic heterocycles. The van der Waals surface area contributed by atoms with Crippen LogP contribution in [0.3, 0.4) is 0 Å². The Morgan fingerprint density at radius 3 is 2.71 bits per heavy atom. The molecule has 0 spiro atoms. The summed E-state index contributed by atoms with van der Waals surface area (Å²) in [6.07, 6.45) is 0.778. The largest absolute Gasteiger partial charge is 0.497 e. The number of anilines is 1. The van der Waals surface area contributed by atoms with Gasteiger partial charge in [-0.3, -0.25) is 0 Å². The van der Waals surface area contributed by atoms with Gasteiger partial charge >= 0.3 is 0 Å². The van der Waals surface area contributed by atoms with Crippen molar-refractivity contribution in [3.05, 3.63) is 58.6 Å². The molecule has 2 nitrogen and oxygen atoms in total. The van der Waals surface area contributed by atoms with Crippen LogP contribution in [0, 0.1) is 0 Å². The number of methoxy groups -OCH3 is 1. The molecule has 2 aromatic carbocycles. The lowest BCUT2D eigenvalue weighted by Gasteiger charge is -2.07. The van der Waals surface area contributed by atoms with Crippen molar-refractivity contribution < 1.29 is 4.74 Å². The fourth-order valence-electron chi connectivity index (χ4n) is 1.73. The second-order valence-corrected chi connectivity index (χ2v) is 4.31. The summed E-state index contributed by atoms with van der Waals surface area (Å²) in [6, 6.07) is 13.5. The van der Waals surface area contributed by atoms with Crippen LogP contribution in [0.1, 0.15) is 11.1 Å². The van der Waals surface area contributed by atoms with E-state index < -0.39 is 0 Å². The summed E-state index contributed by atoms with van der Waals surface area (Å²) < 4.78 is 5.19. The quantitative estimate of drug-likeness (QED) is 0.843. The Morgan fingerprint density at radius 1 is 1.18 bits per heavy atom. The smallest absolute Gasteiger partial charge is 0.119 e. The van der Waals surface area contributed by atoms with E-state index in [9.17, 15) is 0 Å². The summed E-state index contributed by atoms with van der Waals surface area (Å²) in [5, 5.41) is 0.664. The van der Waals surface area contributed by atoms with Crippen LogP contribution in [-0.4, -0.2) is 7.11 Å². The highest BCUT2D eigenvalue weighted by atomic mass is 35.5. The van der Waals surface area contributed by atoms with Gasteiger partial charge in [0.15, 0.2) is 0 Å². The van der Waals surface area contributed by atoms with Gasteiger partial charge in [-0.05, 0) is 41.8 Å². The molecule has 0 heterocycles. The zero-order valence-corrected chi connectivity index (χ0v) is 10.4. The Balaban J connectivity index is 2.25. The summed E-state index contributed by atoms with van der Waals surface area (Å²) in [4.78, 5) is 0. The van der Waals surface area contributed by atoms with Crippen molar-refractivity contribution in [1.29, 1.82) is 0 Å². The van der Waals surface area contributed by atoms with Crippen LogP contribution >= 0.6 is 11.6 Å². The highest BCUT2D eigenvalue weighted by molar-refractivity contribution is 6.30. The first-order chi connectivity index (χ1) is 8.19. The van der Waals surface area contributed by atoms with E-state index in [-0.39, 0.29) is 0 Å². The molecule has 0 saturated carbocycles. The van der Waals surface area contributed by atoms with Crippen LogP contribution in [0.25, 0.3) is 0 Å². The fraction of sp³-hybridized carbons (Fsp3) is 0.143. The molecule has 3 heteroatoms. The molecule has 0 bridgehead atoms. The van der Waals surface area contributed by atoms with Gasteiger partial charge in [0.25, 0.3) is 0 Å². The van der Waals surface area contributed by atoms with Gasteiger partial charge in [-0.1, -0.05) is 29.8 Å². The SMILES string of the molecule is COc1cccc(Cc2ccc(Cl)cc2N)c1. The van der Waals surface area contributed by atoms with Crippen molar-refractivity contribution in [1.82, 2.24) is 0 Å². The number of halogens is 1. The third-order valence-electron chi connectivity index (χ3n) is 2.64. The van der Waals surface area contributed by atoms with Gasteiger partial charge in [-0.25, -0.2) is 0 Å². The van der Waals surface area contributed by atoms with Gasteiger partial charge in [-0.15, -0.1) is 0 Å². The third kappa shape index (κ3) is 2.92. The number of hydrogen-bond donors (Lipinski definition) is 1. The fourth-order valence-corrected chi connectivity index (χ4v) is 1.91. The number of nitrogen functional groups attached to an aromatic ring is 1. The average Bonchev–Trinajstić information content (AvgIpc) is 2.33. The molecule has 88 valence electrons. The lowest BCUT2D eigenvalue weighted by atomic mass is 10.0. The van der Waals surface area contributed by atoms with Crippen molar-refractivity contribution in [2.75, 3.05) is 12.8 Å². The van der Waals surface area contributed by atoms with Crippen molar-refractivity contribution in [3.63, 3.8) is 0 Å². The maximum atomic E-state index is 5.92. The molecular formula is C14H14ClNO. The number of nitrogens with two attached hydrogens (primary N) is 1. The van der Waals surface area contributed by atoms with Crippen LogP contribution in [0.2, 0.25) is 5.02 Å². The zero-order valence-electron chi connectivity index (χ0n) is 9.61. The minimum atomic E-state index is 0.664. The molecule has 2 rings (SSSR count). The molecule has 0 saturated heterocycles. The van der Waals surface area contributed by atoms with E-state index in [1.54, 1.807) is 13.2 Å². The molecule has 0 atom stereocenters. The standard InChI is InChI=1S/C14H14ClNO/c1-17-13-4-2-3-10(8-13)7-11-5-6-12(15)9-14(11)16/h2-6,8-9H,7,16H2,1H3. The molecule has 0 aliphatic carbocycles. The monoisotopic (exact) mass is 247 g/mol. The van der Waals surface area contributed by atoms with Crippen molar-refractivity contribution >= 4 is 17.3 Å². The zero-order chi connectivity index (χ0) is 12.3. The number of rotatable bonds is 3. The van der Waals surface area contributed by atoms with E-state index in [1.807, 2.05) is 30.3 Å². The van der Waals surface area contributed by atoms with Crippen LogP contribution in [0.5, 0.6) is 5.75 Å². The topological polar surface area (TPSA) is 35.2 Å². The lowest BCUT2D eigenvalue weighted by molar-refractivity contribution is 0.414. The van der Waals surface area contributed by atoms with E-state index in [2.05, 4.69) is 6.07 Å². The van der Waals surface area contributed by atoms with Crippen LogP contribution in [-0.2, 0) is 6.42 Å². The molecular weight excluding hydrogens is 234 g/mol. The molecule has 0 unspecified atom stereocenters. The van der Waals surface area contributed by atoms with Crippen molar-refractivity contribution in [2.45, 2.75) is 6.42 Å².